The predicted molar refractivity (Wildman–Crippen MR) is 145 cm³/mol. The van der Waals surface area contributed by atoms with Crippen LogP contribution < -0.4 is 15.0 Å². The Kier molecular flexibility index (Phi) is 6.88. The van der Waals surface area contributed by atoms with Gasteiger partial charge in [0.25, 0.3) is 5.56 Å². The number of carbonyl (C=O) groups is 1. The Morgan fingerprint density at radius 2 is 1.56 bits per heavy atom. The van der Waals surface area contributed by atoms with Crippen molar-refractivity contribution in [2.75, 3.05) is 20.0 Å². The Morgan fingerprint density at radius 1 is 0.917 bits per heavy atom. The molecule has 2 heterocycles. The first-order valence-corrected chi connectivity index (χ1v) is 13.0. The van der Waals surface area contributed by atoms with Gasteiger partial charge in [-0.25, -0.2) is 4.98 Å². The normalized spacial score (nSPS) is 10.9. The highest BCUT2D eigenvalue weighted by molar-refractivity contribution is 7.99. The van der Waals surface area contributed by atoms with Crippen LogP contribution in [-0.4, -0.2) is 35.3 Å². The number of benzene rings is 3. The average molecular weight is 515 g/mol. The SMILES string of the molecule is COc1ccc(C(=O)CSc2nc3scc(-c4ccc(OC)cc4)c3c(=O)n2-c2ccccc2)cc1. The number of rotatable bonds is 8. The molecule has 0 fully saturated rings. The summed E-state index contributed by atoms with van der Waals surface area (Å²) in [7, 11) is 3.21. The Morgan fingerprint density at radius 3 is 2.19 bits per heavy atom. The van der Waals surface area contributed by atoms with Gasteiger partial charge in [-0.15, -0.1) is 11.3 Å². The van der Waals surface area contributed by atoms with Gasteiger partial charge in [-0.1, -0.05) is 42.1 Å². The van der Waals surface area contributed by atoms with E-state index in [9.17, 15) is 9.59 Å². The van der Waals surface area contributed by atoms with Gasteiger partial charge in [0, 0.05) is 16.5 Å². The molecule has 0 aliphatic rings. The van der Waals surface area contributed by atoms with E-state index >= 15 is 0 Å². The van der Waals surface area contributed by atoms with Crippen LogP contribution in [0, 0.1) is 0 Å². The number of ketones is 1. The average Bonchev–Trinajstić information content (AvgIpc) is 3.36. The second kappa shape index (κ2) is 10.4. The Hall–Kier alpha value is -3.88. The molecule has 3 aromatic carbocycles. The van der Waals surface area contributed by atoms with Crippen LogP contribution in [0.2, 0.25) is 0 Å². The molecule has 6 nitrogen and oxygen atoms in total. The second-order valence-electron chi connectivity index (χ2n) is 7.87. The minimum atomic E-state index is -0.169. The lowest BCUT2D eigenvalue weighted by Crippen LogP contribution is -2.22. The maximum absolute atomic E-state index is 13.9. The molecule has 0 bridgehead atoms. The van der Waals surface area contributed by atoms with Crippen LogP contribution in [0.3, 0.4) is 0 Å². The van der Waals surface area contributed by atoms with Gasteiger partial charge in [0.15, 0.2) is 10.9 Å². The molecule has 0 saturated carbocycles. The summed E-state index contributed by atoms with van der Waals surface area (Å²) in [6, 6.07) is 24.0. The van der Waals surface area contributed by atoms with E-state index in [2.05, 4.69) is 0 Å². The zero-order valence-corrected chi connectivity index (χ0v) is 21.3. The van der Waals surface area contributed by atoms with E-state index in [0.717, 1.165) is 16.9 Å². The van der Waals surface area contributed by atoms with Crippen LogP contribution in [0.4, 0.5) is 0 Å². The summed E-state index contributed by atoms with van der Waals surface area (Å²) in [4.78, 5) is 32.2. The highest BCUT2D eigenvalue weighted by Crippen LogP contribution is 2.34. The largest absolute Gasteiger partial charge is 0.497 e. The van der Waals surface area contributed by atoms with Crippen molar-refractivity contribution < 1.29 is 14.3 Å². The molecule has 2 aromatic heterocycles. The number of Topliss-reactive ketones (excluding diaryl/α,β-unsaturated/α-hetero) is 1. The fraction of sp³-hybridized carbons (Fsp3) is 0.107. The van der Waals surface area contributed by atoms with Gasteiger partial charge >= 0.3 is 0 Å². The highest BCUT2D eigenvalue weighted by Gasteiger charge is 2.19. The van der Waals surface area contributed by atoms with Crippen molar-refractivity contribution in [1.82, 2.24) is 9.55 Å². The van der Waals surface area contributed by atoms with Gasteiger partial charge in [0.1, 0.15) is 16.3 Å². The van der Waals surface area contributed by atoms with Gasteiger partial charge in [-0.3, -0.25) is 14.2 Å². The lowest BCUT2D eigenvalue weighted by molar-refractivity contribution is 0.102. The van der Waals surface area contributed by atoms with Gasteiger partial charge in [0.05, 0.1) is 31.0 Å². The quantitative estimate of drug-likeness (QED) is 0.141. The van der Waals surface area contributed by atoms with E-state index in [1.807, 2.05) is 60.0 Å². The fourth-order valence-electron chi connectivity index (χ4n) is 3.85. The Bertz CT molecular complexity index is 1580. The Labute approximate surface area is 216 Å². The number of methoxy groups -OCH3 is 2. The number of ether oxygens (including phenoxy) is 2. The maximum atomic E-state index is 13.9. The number of nitrogens with zero attached hydrogens (tertiary/aromatic N) is 2. The lowest BCUT2D eigenvalue weighted by atomic mass is 10.1. The molecule has 0 atom stereocenters. The zero-order valence-electron chi connectivity index (χ0n) is 19.6. The molecular formula is C28H22N2O4S2. The standard InChI is InChI=1S/C28H22N2O4S2/c1-33-21-12-8-18(9-13-21)23-16-35-26-25(23)27(32)30(20-6-4-3-5-7-20)28(29-26)36-17-24(31)19-10-14-22(34-2)15-11-19/h3-16H,17H2,1-2H3. The third-order valence-electron chi connectivity index (χ3n) is 5.74. The maximum Gasteiger partial charge on any atom is 0.268 e. The van der Waals surface area contributed by atoms with E-state index in [-0.39, 0.29) is 17.1 Å². The first-order valence-electron chi connectivity index (χ1n) is 11.1. The summed E-state index contributed by atoms with van der Waals surface area (Å²) in [6.07, 6.45) is 0. The number of hydrogen-bond donors (Lipinski definition) is 0. The second-order valence-corrected chi connectivity index (χ2v) is 9.67. The minimum Gasteiger partial charge on any atom is -0.497 e. The van der Waals surface area contributed by atoms with Crippen molar-refractivity contribution in [3.8, 4) is 28.3 Å². The van der Waals surface area contributed by atoms with Crippen LogP contribution in [0.1, 0.15) is 10.4 Å². The minimum absolute atomic E-state index is 0.0540. The van der Waals surface area contributed by atoms with E-state index in [1.165, 1.54) is 23.1 Å². The Balaban J connectivity index is 1.56. The lowest BCUT2D eigenvalue weighted by Gasteiger charge is -2.12. The van der Waals surface area contributed by atoms with Crippen molar-refractivity contribution in [1.29, 1.82) is 0 Å². The molecule has 36 heavy (non-hydrogen) atoms. The molecule has 0 aliphatic heterocycles. The van der Waals surface area contributed by atoms with Crippen LogP contribution in [-0.2, 0) is 0 Å². The van der Waals surface area contributed by atoms with Crippen molar-refractivity contribution in [3.05, 3.63) is 100 Å². The molecule has 0 saturated heterocycles. The highest BCUT2D eigenvalue weighted by atomic mass is 32.2. The van der Waals surface area contributed by atoms with E-state index in [4.69, 9.17) is 14.5 Å². The fourth-order valence-corrected chi connectivity index (χ4v) is 5.74. The monoisotopic (exact) mass is 514 g/mol. The summed E-state index contributed by atoms with van der Waals surface area (Å²) < 4.78 is 12.0. The molecule has 0 radical (unpaired) electrons. The molecular weight excluding hydrogens is 492 g/mol. The van der Waals surface area contributed by atoms with Crippen LogP contribution in [0.25, 0.3) is 27.0 Å². The van der Waals surface area contributed by atoms with Crippen LogP contribution >= 0.6 is 23.1 Å². The number of thiophene rings is 1. The first kappa shape index (κ1) is 23.8. The van der Waals surface area contributed by atoms with E-state index in [0.29, 0.717) is 32.4 Å². The van der Waals surface area contributed by atoms with Crippen LogP contribution in [0.15, 0.2) is 94.2 Å². The summed E-state index contributed by atoms with van der Waals surface area (Å²) >= 11 is 2.67. The third kappa shape index (κ3) is 4.65. The summed E-state index contributed by atoms with van der Waals surface area (Å²) in [5.41, 5.74) is 2.85. The summed E-state index contributed by atoms with van der Waals surface area (Å²) in [5, 5.41) is 2.98. The van der Waals surface area contributed by atoms with Gasteiger partial charge in [-0.05, 0) is 54.1 Å². The number of aromatic nitrogens is 2. The molecule has 0 aliphatic carbocycles. The van der Waals surface area contributed by atoms with Crippen molar-refractivity contribution in [3.63, 3.8) is 0 Å². The van der Waals surface area contributed by atoms with Crippen LogP contribution in [0.5, 0.6) is 11.5 Å². The molecule has 0 N–H and O–H groups in total. The van der Waals surface area contributed by atoms with E-state index in [1.54, 1.807) is 43.1 Å². The number of para-hydroxylation sites is 1. The summed E-state index contributed by atoms with van der Waals surface area (Å²) in [5.74, 6) is 1.53. The van der Waals surface area contributed by atoms with Crippen molar-refractivity contribution >= 4 is 39.1 Å². The van der Waals surface area contributed by atoms with Gasteiger partial charge < -0.3 is 9.47 Å². The predicted octanol–water partition coefficient (Wildman–Crippen LogP) is 6.11. The molecule has 5 rings (SSSR count). The summed E-state index contributed by atoms with van der Waals surface area (Å²) in [6.45, 7) is 0. The molecule has 180 valence electrons. The number of carbonyl (C=O) groups excluding carboxylic acids is 1. The number of hydrogen-bond acceptors (Lipinski definition) is 7. The van der Waals surface area contributed by atoms with E-state index < -0.39 is 0 Å². The van der Waals surface area contributed by atoms with Gasteiger partial charge in [-0.2, -0.15) is 0 Å². The van der Waals surface area contributed by atoms with Crippen molar-refractivity contribution in [2.24, 2.45) is 0 Å². The third-order valence-corrected chi connectivity index (χ3v) is 7.55. The first-order chi connectivity index (χ1) is 17.6. The van der Waals surface area contributed by atoms with Gasteiger partial charge in [0.2, 0.25) is 0 Å². The number of thioether (sulfide) groups is 1. The number of fused-ring (bicyclic) bond motifs is 1. The smallest absolute Gasteiger partial charge is 0.268 e. The topological polar surface area (TPSA) is 70.4 Å². The molecule has 0 unspecified atom stereocenters. The van der Waals surface area contributed by atoms with Crippen molar-refractivity contribution in [2.45, 2.75) is 5.16 Å². The molecule has 8 heteroatoms. The molecule has 0 amide bonds. The molecule has 5 aromatic rings. The molecule has 0 spiro atoms. The zero-order chi connectivity index (χ0) is 25.1.